The third-order valence-corrected chi connectivity index (χ3v) is 5.73. The molecule has 20 heavy (non-hydrogen) atoms. The van der Waals surface area contributed by atoms with Crippen LogP contribution in [0.2, 0.25) is 0 Å². The van der Waals surface area contributed by atoms with Crippen LogP contribution in [0, 0.1) is 5.92 Å². The summed E-state index contributed by atoms with van der Waals surface area (Å²) in [6.07, 6.45) is 2.24. The zero-order valence-corrected chi connectivity index (χ0v) is 14.8. The molecule has 0 spiro atoms. The van der Waals surface area contributed by atoms with Gasteiger partial charge in [-0.1, -0.05) is 0 Å². The number of hydrogen-bond donors (Lipinski definition) is 0. The first-order chi connectivity index (χ1) is 9.47. The highest BCUT2D eigenvalue weighted by Gasteiger charge is 2.25. The number of halogens is 1. The summed E-state index contributed by atoms with van der Waals surface area (Å²) in [5.74, 6) is 0.915. The van der Waals surface area contributed by atoms with Gasteiger partial charge in [0.15, 0.2) is 0 Å². The molecule has 5 heteroatoms. The number of carbonyl (C=O) groups is 1. The fraction of sp³-hybridized carbons (Fsp3) is 0.667. The number of rotatable bonds is 4. The van der Waals surface area contributed by atoms with E-state index in [0.29, 0.717) is 6.04 Å². The van der Waals surface area contributed by atoms with Crippen molar-refractivity contribution in [2.24, 2.45) is 5.92 Å². The molecule has 2 rings (SSSR count). The fourth-order valence-electron chi connectivity index (χ4n) is 2.52. The van der Waals surface area contributed by atoms with Gasteiger partial charge in [-0.25, -0.2) is 0 Å². The molecule has 0 unspecified atom stereocenters. The average molecular weight is 359 g/mol. The lowest BCUT2D eigenvalue weighted by molar-refractivity contribution is 0.0671. The van der Waals surface area contributed by atoms with Crippen molar-refractivity contribution < 1.29 is 4.79 Å². The van der Waals surface area contributed by atoms with Gasteiger partial charge in [0.2, 0.25) is 0 Å². The maximum absolute atomic E-state index is 12.4. The highest BCUT2D eigenvalue weighted by atomic mass is 79.9. The first kappa shape index (κ1) is 16.0. The van der Waals surface area contributed by atoms with Crippen molar-refractivity contribution in [3.05, 3.63) is 20.8 Å². The molecule has 0 saturated carbocycles. The van der Waals surface area contributed by atoms with Crippen molar-refractivity contribution in [1.29, 1.82) is 0 Å². The van der Waals surface area contributed by atoms with E-state index in [1.165, 1.54) is 11.3 Å². The van der Waals surface area contributed by atoms with Crippen LogP contribution < -0.4 is 0 Å². The summed E-state index contributed by atoms with van der Waals surface area (Å²) in [5.41, 5.74) is 0. The monoisotopic (exact) mass is 358 g/mol. The van der Waals surface area contributed by atoms with Crippen molar-refractivity contribution in [3.8, 4) is 0 Å². The van der Waals surface area contributed by atoms with E-state index in [0.717, 1.165) is 47.1 Å². The minimum Gasteiger partial charge on any atom is -0.338 e. The quantitative estimate of drug-likeness (QED) is 0.818. The van der Waals surface area contributed by atoms with Crippen molar-refractivity contribution >= 4 is 33.2 Å². The maximum Gasteiger partial charge on any atom is 0.263 e. The second kappa shape index (κ2) is 7.05. The number of thiophene rings is 1. The molecule has 1 aliphatic heterocycles. The van der Waals surface area contributed by atoms with Gasteiger partial charge in [-0.15, -0.1) is 11.3 Å². The predicted octanol–water partition coefficient (Wildman–Crippen LogP) is 3.70. The number of hydrogen-bond acceptors (Lipinski definition) is 3. The number of likely N-dealkylation sites (tertiary alicyclic amines) is 1. The largest absolute Gasteiger partial charge is 0.338 e. The Morgan fingerprint density at radius 1 is 1.45 bits per heavy atom. The van der Waals surface area contributed by atoms with Gasteiger partial charge in [-0.05, 0) is 67.7 Å². The van der Waals surface area contributed by atoms with E-state index in [1.807, 2.05) is 17.0 Å². The van der Waals surface area contributed by atoms with Crippen molar-refractivity contribution in [3.63, 3.8) is 0 Å². The second-order valence-corrected chi connectivity index (χ2v) is 8.34. The molecule has 3 nitrogen and oxygen atoms in total. The predicted molar refractivity (Wildman–Crippen MR) is 88.4 cm³/mol. The van der Waals surface area contributed by atoms with Crippen LogP contribution >= 0.6 is 27.3 Å². The van der Waals surface area contributed by atoms with E-state index in [1.54, 1.807) is 0 Å². The van der Waals surface area contributed by atoms with Gasteiger partial charge in [0.1, 0.15) is 0 Å². The summed E-state index contributed by atoms with van der Waals surface area (Å²) >= 11 is 4.94. The van der Waals surface area contributed by atoms with Gasteiger partial charge >= 0.3 is 0 Å². The molecule has 2 heterocycles. The molecule has 1 aliphatic rings. The van der Waals surface area contributed by atoms with E-state index in [9.17, 15) is 4.79 Å². The number of nitrogens with zero attached hydrogens (tertiary/aromatic N) is 2. The van der Waals surface area contributed by atoms with Gasteiger partial charge in [0, 0.05) is 25.7 Å². The Bertz CT molecular complexity index is 452. The molecule has 112 valence electrons. The SMILES string of the molecule is CC(C)N(C)CC1CCN(C(=O)c2ccc(Br)s2)CC1. The molecule has 0 aliphatic carbocycles. The molecular weight excluding hydrogens is 336 g/mol. The summed E-state index contributed by atoms with van der Waals surface area (Å²) in [7, 11) is 2.19. The van der Waals surface area contributed by atoms with Gasteiger partial charge < -0.3 is 9.80 Å². The van der Waals surface area contributed by atoms with E-state index in [2.05, 4.69) is 41.7 Å². The number of amides is 1. The summed E-state index contributed by atoms with van der Waals surface area (Å²) in [5, 5.41) is 0. The topological polar surface area (TPSA) is 23.6 Å². The van der Waals surface area contributed by atoms with Gasteiger partial charge in [-0.3, -0.25) is 4.79 Å². The third-order valence-electron chi connectivity index (χ3n) is 4.11. The Morgan fingerprint density at radius 2 is 2.10 bits per heavy atom. The second-order valence-electron chi connectivity index (χ2n) is 5.87. The number of piperidine rings is 1. The van der Waals surface area contributed by atoms with Crippen molar-refractivity contribution in [2.75, 3.05) is 26.7 Å². The van der Waals surface area contributed by atoms with E-state index < -0.39 is 0 Å². The summed E-state index contributed by atoms with van der Waals surface area (Å²) in [4.78, 5) is 17.6. The molecule has 0 bridgehead atoms. The first-order valence-corrected chi connectivity index (χ1v) is 8.83. The molecule has 1 aromatic heterocycles. The van der Waals surface area contributed by atoms with Crippen LogP contribution in [0.15, 0.2) is 15.9 Å². The van der Waals surface area contributed by atoms with Crippen LogP contribution in [0.25, 0.3) is 0 Å². The lowest BCUT2D eigenvalue weighted by Crippen LogP contribution is -2.41. The van der Waals surface area contributed by atoms with Crippen molar-refractivity contribution in [2.45, 2.75) is 32.7 Å². The zero-order chi connectivity index (χ0) is 14.7. The molecule has 0 N–H and O–H groups in total. The average Bonchev–Trinajstić information content (AvgIpc) is 2.85. The Morgan fingerprint density at radius 3 is 2.60 bits per heavy atom. The molecule has 0 atom stereocenters. The Kier molecular flexibility index (Phi) is 5.64. The lowest BCUT2D eigenvalue weighted by atomic mass is 9.96. The van der Waals surface area contributed by atoms with E-state index in [4.69, 9.17) is 0 Å². The van der Waals surface area contributed by atoms with Crippen molar-refractivity contribution in [1.82, 2.24) is 9.80 Å². The smallest absolute Gasteiger partial charge is 0.263 e. The van der Waals surface area contributed by atoms with Crippen LogP contribution in [0.1, 0.15) is 36.4 Å². The first-order valence-electron chi connectivity index (χ1n) is 7.22. The van der Waals surface area contributed by atoms with Crippen LogP contribution in [-0.2, 0) is 0 Å². The van der Waals surface area contributed by atoms with Crippen LogP contribution in [0.3, 0.4) is 0 Å². The van der Waals surface area contributed by atoms with E-state index in [-0.39, 0.29) is 5.91 Å². The van der Waals surface area contributed by atoms with Crippen LogP contribution in [0.4, 0.5) is 0 Å². The Hall–Kier alpha value is -0.390. The normalized spacial score (nSPS) is 17.2. The van der Waals surface area contributed by atoms with Crippen LogP contribution in [-0.4, -0.2) is 48.4 Å². The molecule has 1 fully saturated rings. The fourth-order valence-corrected chi connectivity index (χ4v) is 3.88. The summed E-state index contributed by atoms with van der Waals surface area (Å²) < 4.78 is 1.02. The lowest BCUT2D eigenvalue weighted by Gasteiger charge is -2.34. The highest BCUT2D eigenvalue weighted by Crippen LogP contribution is 2.26. The van der Waals surface area contributed by atoms with E-state index >= 15 is 0 Å². The van der Waals surface area contributed by atoms with Crippen LogP contribution in [0.5, 0.6) is 0 Å². The standard InChI is InChI=1S/C15H23BrN2OS/c1-11(2)17(3)10-12-6-8-18(9-7-12)15(19)13-4-5-14(16)20-13/h4-5,11-12H,6-10H2,1-3H3. The highest BCUT2D eigenvalue weighted by molar-refractivity contribution is 9.11. The van der Waals surface area contributed by atoms with Gasteiger partial charge in [-0.2, -0.15) is 0 Å². The summed E-state index contributed by atoms with van der Waals surface area (Å²) in [6.45, 7) is 7.39. The molecule has 0 radical (unpaired) electrons. The Labute approximate surface area is 134 Å². The minimum atomic E-state index is 0.191. The molecular formula is C15H23BrN2OS. The molecule has 1 saturated heterocycles. The molecule has 1 amide bonds. The molecule has 1 aromatic rings. The minimum absolute atomic E-state index is 0.191. The maximum atomic E-state index is 12.4. The summed E-state index contributed by atoms with van der Waals surface area (Å²) in [6, 6.07) is 4.45. The van der Waals surface area contributed by atoms with Gasteiger partial charge in [0.25, 0.3) is 5.91 Å². The Balaban J connectivity index is 1.83. The number of carbonyl (C=O) groups excluding carboxylic acids is 1. The third kappa shape index (κ3) is 4.06. The molecule has 0 aromatic carbocycles. The van der Waals surface area contributed by atoms with Gasteiger partial charge in [0.05, 0.1) is 8.66 Å². The zero-order valence-electron chi connectivity index (χ0n) is 12.4.